The highest BCUT2D eigenvalue weighted by molar-refractivity contribution is 5.79. The third-order valence-electron chi connectivity index (χ3n) is 3.90. The summed E-state index contributed by atoms with van der Waals surface area (Å²) in [6, 6.07) is 13.6. The van der Waals surface area contributed by atoms with Crippen LogP contribution in [0.4, 0.5) is 0 Å². The monoisotopic (exact) mass is 381 g/mol. The Morgan fingerprint density at radius 2 is 1.89 bits per heavy atom. The number of benzene rings is 2. The van der Waals surface area contributed by atoms with Crippen LogP contribution in [0.15, 0.2) is 47.5 Å². The fraction of sp³-hybridized carbons (Fsp3) is 0.318. The van der Waals surface area contributed by atoms with Gasteiger partial charge in [-0.25, -0.2) is 4.99 Å². The van der Waals surface area contributed by atoms with Crippen LogP contribution in [0.5, 0.6) is 17.2 Å². The van der Waals surface area contributed by atoms with Crippen molar-refractivity contribution in [2.45, 2.75) is 20.0 Å². The lowest BCUT2D eigenvalue weighted by Gasteiger charge is -2.14. The van der Waals surface area contributed by atoms with Gasteiger partial charge in [-0.1, -0.05) is 24.1 Å². The second kappa shape index (κ2) is 11.4. The minimum atomic E-state index is 0.192. The summed E-state index contributed by atoms with van der Waals surface area (Å²) in [7, 11) is 3.26. The van der Waals surface area contributed by atoms with Crippen molar-refractivity contribution >= 4 is 5.96 Å². The molecule has 0 aliphatic carbocycles. The molecule has 6 nitrogen and oxygen atoms in total. The number of methoxy groups -OCH3 is 2. The van der Waals surface area contributed by atoms with Crippen LogP contribution in [0.25, 0.3) is 0 Å². The van der Waals surface area contributed by atoms with Gasteiger partial charge in [0.05, 0.1) is 20.8 Å². The summed E-state index contributed by atoms with van der Waals surface area (Å²) in [5.41, 5.74) is 2.10. The molecule has 0 aliphatic rings. The molecule has 0 aliphatic heterocycles. The van der Waals surface area contributed by atoms with Crippen LogP contribution in [0.1, 0.15) is 18.1 Å². The molecule has 0 bridgehead atoms. The predicted molar refractivity (Wildman–Crippen MR) is 112 cm³/mol. The van der Waals surface area contributed by atoms with E-state index < -0.39 is 0 Å². The maximum Gasteiger partial charge on any atom is 0.191 e. The molecule has 2 aromatic rings. The van der Waals surface area contributed by atoms with Gasteiger partial charge in [0.2, 0.25) is 0 Å². The first kappa shape index (κ1) is 21.0. The largest absolute Gasteiger partial charge is 0.497 e. The number of hydrogen-bond acceptors (Lipinski definition) is 4. The van der Waals surface area contributed by atoms with Gasteiger partial charge in [0.25, 0.3) is 0 Å². The van der Waals surface area contributed by atoms with E-state index in [0.29, 0.717) is 24.6 Å². The van der Waals surface area contributed by atoms with Crippen molar-refractivity contribution < 1.29 is 14.2 Å². The highest BCUT2D eigenvalue weighted by Gasteiger charge is 2.06. The van der Waals surface area contributed by atoms with Crippen molar-refractivity contribution in [3.05, 3.63) is 53.6 Å². The van der Waals surface area contributed by atoms with Crippen LogP contribution in [0, 0.1) is 12.3 Å². The van der Waals surface area contributed by atoms with Gasteiger partial charge in [0.1, 0.15) is 12.4 Å². The zero-order valence-electron chi connectivity index (χ0n) is 16.6. The van der Waals surface area contributed by atoms with E-state index in [1.165, 1.54) is 0 Å². The zero-order chi connectivity index (χ0) is 20.2. The van der Waals surface area contributed by atoms with Crippen molar-refractivity contribution in [2.75, 3.05) is 27.4 Å². The number of guanidine groups is 1. The van der Waals surface area contributed by atoms with Gasteiger partial charge >= 0.3 is 0 Å². The topological polar surface area (TPSA) is 64.1 Å². The van der Waals surface area contributed by atoms with Crippen molar-refractivity contribution in [3.63, 3.8) is 0 Å². The molecule has 0 saturated carbocycles. The average Bonchev–Trinajstić information content (AvgIpc) is 2.74. The fourth-order valence-corrected chi connectivity index (χ4v) is 2.53. The van der Waals surface area contributed by atoms with Gasteiger partial charge in [-0.15, -0.1) is 6.42 Å². The van der Waals surface area contributed by atoms with Gasteiger partial charge in [0, 0.05) is 13.1 Å². The molecule has 0 atom stereocenters. The standard InChI is InChI=1S/C22H27N3O3/c1-5-12-28-21-14-18(10-11-20(21)27-4)16-25-22(23-6-2)24-15-17-8-7-9-19(13-17)26-3/h1,7-11,13-14H,6,12,15-16H2,2-4H3,(H2,23,24,25). The molecule has 0 unspecified atom stereocenters. The second-order valence-electron chi connectivity index (χ2n) is 5.88. The summed E-state index contributed by atoms with van der Waals surface area (Å²) < 4.78 is 16.1. The van der Waals surface area contributed by atoms with Crippen molar-refractivity contribution in [2.24, 2.45) is 4.99 Å². The van der Waals surface area contributed by atoms with E-state index in [2.05, 4.69) is 21.5 Å². The maximum absolute atomic E-state index is 5.55. The summed E-state index contributed by atoms with van der Waals surface area (Å²) in [6.45, 7) is 4.12. The van der Waals surface area contributed by atoms with E-state index in [0.717, 1.165) is 29.4 Å². The predicted octanol–water partition coefficient (Wildman–Crippen LogP) is 2.97. The van der Waals surface area contributed by atoms with Crippen molar-refractivity contribution in [1.82, 2.24) is 10.6 Å². The molecule has 0 spiro atoms. The molecule has 0 radical (unpaired) electrons. The first-order valence-corrected chi connectivity index (χ1v) is 9.08. The van der Waals surface area contributed by atoms with Crippen LogP contribution in [0.3, 0.4) is 0 Å². The van der Waals surface area contributed by atoms with Crippen LogP contribution >= 0.6 is 0 Å². The summed E-state index contributed by atoms with van der Waals surface area (Å²) in [6.07, 6.45) is 5.28. The lowest BCUT2D eigenvalue weighted by molar-refractivity contribution is 0.330. The molecular weight excluding hydrogens is 354 g/mol. The van der Waals surface area contributed by atoms with E-state index in [-0.39, 0.29) is 6.61 Å². The first-order chi connectivity index (χ1) is 13.7. The molecule has 2 aromatic carbocycles. The number of hydrogen-bond donors (Lipinski definition) is 2. The second-order valence-corrected chi connectivity index (χ2v) is 5.88. The molecule has 0 fully saturated rings. The zero-order valence-corrected chi connectivity index (χ0v) is 16.6. The van der Waals surface area contributed by atoms with Gasteiger partial charge in [0.15, 0.2) is 17.5 Å². The summed E-state index contributed by atoms with van der Waals surface area (Å²) >= 11 is 0. The minimum Gasteiger partial charge on any atom is -0.497 e. The molecule has 2 rings (SSSR count). The number of nitrogens with one attached hydrogen (secondary N) is 2. The Morgan fingerprint density at radius 3 is 2.61 bits per heavy atom. The third-order valence-corrected chi connectivity index (χ3v) is 3.90. The molecule has 0 amide bonds. The summed E-state index contributed by atoms with van der Waals surface area (Å²) in [4.78, 5) is 4.64. The van der Waals surface area contributed by atoms with E-state index >= 15 is 0 Å². The Kier molecular flexibility index (Phi) is 8.54. The van der Waals surface area contributed by atoms with Crippen LogP contribution in [-0.4, -0.2) is 33.3 Å². The van der Waals surface area contributed by atoms with E-state index in [4.69, 9.17) is 20.6 Å². The lowest BCUT2D eigenvalue weighted by atomic mass is 10.2. The molecule has 0 saturated heterocycles. The smallest absolute Gasteiger partial charge is 0.191 e. The molecule has 0 heterocycles. The Labute approximate surface area is 166 Å². The van der Waals surface area contributed by atoms with Gasteiger partial charge in [-0.2, -0.15) is 0 Å². The Bertz CT molecular complexity index is 828. The number of nitrogens with zero attached hydrogens (tertiary/aromatic N) is 1. The van der Waals surface area contributed by atoms with E-state index in [9.17, 15) is 0 Å². The van der Waals surface area contributed by atoms with Crippen molar-refractivity contribution in [1.29, 1.82) is 0 Å². The fourth-order valence-electron chi connectivity index (χ4n) is 2.53. The maximum atomic E-state index is 5.55. The minimum absolute atomic E-state index is 0.192. The number of aliphatic imine (C=N–C) groups is 1. The van der Waals surface area contributed by atoms with E-state index in [1.807, 2.05) is 49.4 Å². The highest BCUT2D eigenvalue weighted by Crippen LogP contribution is 2.27. The van der Waals surface area contributed by atoms with Crippen LogP contribution in [-0.2, 0) is 13.1 Å². The Morgan fingerprint density at radius 1 is 1.04 bits per heavy atom. The Balaban J connectivity index is 2.04. The van der Waals surface area contributed by atoms with Gasteiger partial charge < -0.3 is 24.8 Å². The molecular formula is C22H27N3O3. The highest BCUT2D eigenvalue weighted by atomic mass is 16.5. The van der Waals surface area contributed by atoms with Gasteiger partial charge in [-0.3, -0.25) is 0 Å². The number of terminal acetylenes is 1. The molecule has 2 N–H and O–H groups in total. The summed E-state index contributed by atoms with van der Waals surface area (Å²) in [5.74, 6) is 5.29. The quantitative estimate of drug-likeness (QED) is 0.397. The van der Waals surface area contributed by atoms with Crippen LogP contribution < -0.4 is 24.8 Å². The van der Waals surface area contributed by atoms with Gasteiger partial charge in [-0.05, 0) is 42.3 Å². The van der Waals surface area contributed by atoms with E-state index in [1.54, 1.807) is 14.2 Å². The normalized spacial score (nSPS) is 10.7. The lowest BCUT2D eigenvalue weighted by Crippen LogP contribution is -2.36. The van der Waals surface area contributed by atoms with Crippen molar-refractivity contribution in [3.8, 4) is 29.6 Å². The average molecular weight is 381 g/mol. The molecule has 148 valence electrons. The number of ether oxygens (including phenoxy) is 3. The first-order valence-electron chi connectivity index (χ1n) is 9.08. The SMILES string of the molecule is C#CCOc1cc(CNC(=NCc2cccc(OC)c2)NCC)ccc1OC. The van der Waals surface area contributed by atoms with Crippen LogP contribution in [0.2, 0.25) is 0 Å². The molecule has 28 heavy (non-hydrogen) atoms. The summed E-state index contributed by atoms with van der Waals surface area (Å²) in [5, 5.41) is 6.58. The Hall–Kier alpha value is -3.33. The number of rotatable bonds is 9. The third kappa shape index (κ3) is 6.44. The molecule has 0 aromatic heterocycles. The molecule has 6 heteroatoms.